The van der Waals surface area contributed by atoms with E-state index in [-0.39, 0.29) is 24.1 Å². The molecule has 0 saturated carbocycles. The number of nitrogens with zero attached hydrogens (tertiary/aromatic N) is 7. The molecule has 5 heterocycles. The minimum absolute atomic E-state index is 0.0437. The number of nitrogens with one attached hydrogen (secondary N) is 1. The molecular weight excluding hydrogens is 532 g/mol. The number of fused-ring (bicyclic) bond motifs is 3. The van der Waals surface area contributed by atoms with Gasteiger partial charge in [0.2, 0.25) is 11.8 Å². The Morgan fingerprint density at radius 1 is 1.00 bits per heavy atom. The molecule has 3 aromatic heterocycles. The second kappa shape index (κ2) is 12.1. The molecule has 0 unspecified atom stereocenters. The topological polar surface area (TPSA) is 118 Å². The van der Waals surface area contributed by atoms with Crippen LogP contribution in [0, 0.1) is 6.92 Å². The van der Waals surface area contributed by atoms with Crippen LogP contribution in [0.3, 0.4) is 0 Å². The van der Waals surface area contributed by atoms with E-state index < -0.39 is 12.1 Å². The molecule has 6 rings (SSSR count). The van der Waals surface area contributed by atoms with E-state index in [1.54, 1.807) is 28.3 Å². The second-order valence-corrected chi connectivity index (χ2v) is 11.1. The van der Waals surface area contributed by atoms with Crippen LogP contribution < -0.4 is 5.32 Å². The van der Waals surface area contributed by atoms with E-state index in [1.165, 1.54) is 0 Å². The third-order valence-corrected chi connectivity index (χ3v) is 8.17. The lowest BCUT2D eigenvalue weighted by Gasteiger charge is -2.36. The Hall–Kier alpha value is -4.54. The molecule has 218 valence electrons. The normalized spacial score (nSPS) is 20.5. The first-order valence-electron chi connectivity index (χ1n) is 14.7. The van der Waals surface area contributed by atoms with E-state index in [4.69, 9.17) is 4.98 Å². The van der Waals surface area contributed by atoms with Crippen molar-refractivity contribution in [2.75, 3.05) is 19.6 Å². The monoisotopic (exact) mass is 568 g/mol. The predicted octanol–water partition coefficient (Wildman–Crippen LogP) is 2.95. The van der Waals surface area contributed by atoms with Crippen molar-refractivity contribution in [3.63, 3.8) is 0 Å². The highest BCUT2D eigenvalue weighted by atomic mass is 16.2. The summed E-state index contributed by atoms with van der Waals surface area (Å²) in [6.45, 7) is 3.58. The van der Waals surface area contributed by atoms with Gasteiger partial charge in [0.25, 0.3) is 5.91 Å². The molecule has 0 aliphatic carbocycles. The van der Waals surface area contributed by atoms with Gasteiger partial charge in [0.15, 0.2) is 0 Å². The number of hydrogen-bond donors (Lipinski definition) is 1. The molecule has 11 nitrogen and oxygen atoms in total. The van der Waals surface area contributed by atoms with Crippen LogP contribution in [-0.4, -0.2) is 77.3 Å². The molecule has 0 radical (unpaired) electrons. The van der Waals surface area contributed by atoms with Gasteiger partial charge in [0.05, 0.1) is 18.2 Å². The molecule has 11 heteroatoms. The van der Waals surface area contributed by atoms with Crippen LogP contribution in [0.25, 0.3) is 5.65 Å². The van der Waals surface area contributed by atoms with Crippen LogP contribution in [0.5, 0.6) is 0 Å². The van der Waals surface area contributed by atoms with Crippen LogP contribution in [-0.2, 0) is 22.6 Å². The summed E-state index contributed by atoms with van der Waals surface area (Å²) in [5.41, 5.74) is 2.37. The summed E-state index contributed by atoms with van der Waals surface area (Å²) in [6.07, 6.45) is 9.00. The zero-order valence-electron chi connectivity index (χ0n) is 23.9. The lowest BCUT2D eigenvalue weighted by Crippen LogP contribution is -2.53. The van der Waals surface area contributed by atoms with Crippen molar-refractivity contribution in [3.8, 4) is 0 Å². The number of pyridine rings is 1. The summed E-state index contributed by atoms with van der Waals surface area (Å²) in [7, 11) is 0. The number of rotatable bonds is 3. The van der Waals surface area contributed by atoms with Gasteiger partial charge in [-0.1, -0.05) is 30.3 Å². The number of amides is 3. The average molecular weight is 569 g/mol. The van der Waals surface area contributed by atoms with Crippen molar-refractivity contribution in [1.82, 2.24) is 39.3 Å². The van der Waals surface area contributed by atoms with Crippen molar-refractivity contribution in [3.05, 3.63) is 83.8 Å². The van der Waals surface area contributed by atoms with Gasteiger partial charge in [-0.15, -0.1) is 0 Å². The van der Waals surface area contributed by atoms with Crippen molar-refractivity contribution in [1.29, 1.82) is 0 Å². The maximum Gasteiger partial charge on any atom is 0.255 e. The first kappa shape index (κ1) is 27.6. The SMILES string of the molecule is Cc1nc2n(n1)CCN(C(=O)c1ccc3nccn3c1)CCCC(=O)N1CCCC[C@H]1C(=O)N[C@@H]2Cc1ccccc1. The molecular formula is C31H36N8O3. The van der Waals surface area contributed by atoms with Crippen molar-refractivity contribution < 1.29 is 14.4 Å². The quantitative estimate of drug-likeness (QED) is 0.406. The number of piperidine rings is 1. The number of aryl methyl sites for hydroxylation is 1. The molecule has 2 atom stereocenters. The average Bonchev–Trinajstić information content (AvgIpc) is 3.63. The number of aromatic nitrogens is 5. The Morgan fingerprint density at radius 3 is 2.71 bits per heavy atom. The third-order valence-electron chi connectivity index (χ3n) is 8.17. The van der Waals surface area contributed by atoms with Gasteiger partial charge >= 0.3 is 0 Å². The fourth-order valence-corrected chi connectivity index (χ4v) is 6.05. The zero-order chi connectivity index (χ0) is 29.1. The molecule has 1 saturated heterocycles. The smallest absolute Gasteiger partial charge is 0.255 e. The molecule has 4 aromatic rings. The number of benzene rings is 1. The lowest BCUT2D eigenvalue weighted by atomic mass is 9.99. The van der Waals surface area contributed by atoms with E-state index in [9.17, 15) is 14.4 Å². The van der Waals surface area contributed by atoms with E-state index in [1.807, 2.05) is 58.6 Å². The lowest BCUT2D eigenvalue weighted by molar-refractivity contribution is -0.142. The van der Waals surface area contributed by atoms with E-state index in [0.717, 1.165) is 24.1 Å². The van der Waals surface area contributed by atoms with Gasteiger partial charge in [-0.2, -0.15) is 5.10 Å². The fourth-order valence-electron chi connectivity index (χ4n) is 6.05. The van der Waals surface area contributed by atoms with Gasteiger partial charge in [-0.05, 0) is 56.7 Å². The number of carbonyl (C=O) groups excluding carboxylic acids is 3. The highest BCUT2D eigenvalue weighted by Crippen LogP contribution is 2.23. The van der Waals surface area contributed by atoms with Gasteiger partial charge in [-0.3, -0.25) is 14.4 Å². The second-order valence-electron chi connectivity index (χ2n) is 11.1. The Bertz CT molecular complexity index is 1580. The van der Waals surface area contributed by atoms with Gasteiger partial charge < -0.3 is 19.5 Å². The molecule has 2 aliphatic rings. The first-order chi connectivity index (χ1) is 20.5. The maximum atomic E-state index is 13.8. The highest BCUT2D eigenvalue weighted by Gasteiger charge is 2.34. The number of imidazole rings is 1. The predicted molar refractivity (Wildman–Crippen MR) is 155 cm³/mol. The standard InChI is InChI=1S/C31H36N8O3/c1-22-33-29-25(20-23-8-3-2-4-9-23)34-30(41)26-10-5-6-16-38(26)28(40)11-7-15-36(18-19-39(29)35-22)31(42)24-12-13-27-32-14-17-37(27)21-24/h2-4,8-9,12-14,17,21,25-26H,5-7,10-11,15-16,18-20H2,1H3,(H,34,41)/t25-,26+/m1/s1. The first-order valence-corrected chi connectivity index (χ1v) is 14.7. The minimum atomic E-state index is -0.524. The van der Waals surface area contributed by atoms with Crippen LogP contribution in [0.4, 0.5) is 0 Å². The zero-order valence-corrected chi connectivity index (χ0v) is 23.9. The van der Waals surface area contributed by atoms with E-state index >= 15 is 0 Å². The van der Waals surface area contributed by atoms with Crippen molar-refractivity contribution in [2.45, 2.75) is 64.1 Å². The minimum Gasteiger partial charge on any atom is -0.344 e. The summed E-state index contributed by atoms with van der Waals surface area (Å²) in [4.78, 5) is 53.5. The Kier molecular flexibility index (Phi) is 7.98. The summed E-state index contributed by atoms with van der Waals surface area (Å²) in [6, 6.07) is 12.6. The molecule has 1 fully saturated rings. The molecule has 42 heavy (non-hydrogen) atoms. The largest absolute Gasteiger partial charge is 0.344 e. The molecule has 0 spiro atoms. The summed E-state index contributed by atoms with van der Waals surface area (Å²) in [5.74, 6) is 0.924. The summed E-state index contributed by atoms with van der Waals surface area (Å²) in [5, 5.41) is 7.91. The maximum absolute atomic E-state index is 13.8. The van der Waals surface area contributed by atoms with Gasteiger partial charge in [-0.25, -0.2) is 14.6 Å². The number of carbonyl (C=O) groups is 3. The Balaban J connectivity index is 1.34. The molecule has 1 N–H and O–H groups in total. The molecule has 2 aliphatic heterocycles. The molecule has 3 amide bonds. The molecule has 1 aromatic carbocycles. The van der Waals surface area contributed by atoms with Gasteiger partial charge in [0, 0.05) is 44.6 Å². The molecule has 0 bridgehead atoms. The Morgan fingerprint density at radius 2 is 1.86 bits per heavy atom. The van der Waals surface area contributed by atoms with Gasteiger partial charge in [0.1, 0.15) is 23.3 Å². The highest BCUT2D eigenvalue weighted by molar-refractivity contribution is 5.94. The number of hydrogen-bond acceptors (Lipinski definition) is 6. The van der Waals surface area contributed by atoms with Crippen LogP contribution >= 0.6 is 0 Å². The van der Waals surface area contributed by atoms with Crippen LogP contribution in [0.2, 0.25) is 0 Å². The Labute approximate surface area is 244 Å². The van der Waals surface area contributed by atoms with Crippen LogP contribution in [0.1, 0.15) is 65.7 Å². The fraction of sp³-hybridized carbons (Fsp3) is 0.419. The van der Waals surface area contributed by atoms with E-state index in [0.29, 0.717) is 62.7 Å². The van der Waals surface area contributed by atoms with E-state index in [2.05, 4.69) is 15.4 Å². The summed E-state index contributed by atoms with van der Waals surface area (Å²) < 4.78 is 3.64. The summed E-state index contributed by atoms with van der Waals surface area (Å²) >= 11 is 0. The van der Waals surface area contributed by atoms with Crippen LogP contribution in [0.15, 0.2) is 61.1 Å². The third kappa shape index (κ3) is 5.90. The van der Waals surface area contributed by atoms with Crippen molar-refractivity contribution >= 4 is 23.4 Å². The van der Waals surface area contributed by atoms with Crippen molar-refractivity contribution in [2.24, 2.45) is 0 Å².